The first-order valence-electron chi connectivity index (χ1n) is 4.10. The summed E-state index contributed by atoms with van der Waals surface area (Å²) in [6.07, 6.45) is 0.639. The van der Waals surface area contributed by atoms with Gasteiger partial charge in [-0.25, -0.2) is 0 Å². The Hall–Kier alpha value is -0.350. The average Bonchev–Trinajstić information content (AvgIpc) is 2.20. The van der Waals surface area contributed by atoms with E-state index in [-0.39, 0.29) is 10.8 Å². The summed E-state index contributed by atoms with van der Waals surface area (Å²) in [5.41, 5.74) is 1.10. The molecule has 4 heteroatoms. The molecule has 0 N–H and O–H groups in total. The molecule has 0 spiro atoms. The molecule has 0 fully saturated rings. The lowest BCUT2D eigenvalue weighted by molar-refractivity contribution is -0.139. The quantitative estimate of drug-likeness (QED) is 0.632. The number of alkyl halides is 1. The fourth-order valence-corrected chi connectivity index (χ4v) is 1.86. The Morgan fingerprint density at radius 3 is 2.50 bits per heavy atom. The summed E-state index contributed by atoms with van der Waals surface area (Å²) in [7, 11) is 1.39. The largest absolute Gasteiger partial charge is 0.468 e. The van der Waals surface area contributed by atoms with Gasteiger partial charge in [0.05, 0.1) is 7.11 Å². The molecular weight excluding hydrogens is 312 g/mol. The van der Waals surface area contributed by atoms with Crippen LogP contribution in [0.2, 0.25) is 0 Å². The third kappa shape index (κ3) is 3.42. The van der Waals surface area contributed by atoms with Crippen molar-refractivity contribution in [3.05, 3.63) is 34.3 Å². The smallest absolute Gasteiger partial charge is 0.319 e. The second-order valence-electron chi connectivity index (χ2n) is 2.82. The van der Waals surface area contributed by atoms with Crippen LogP contribution in [0.1, 0.15) is 5.56 Å². The van der Waals surface area contributed by atoms with Crippen LogP contribution < -0.4 is 0 Å². The molecule has 1 aromatic carbocycles. The van der Waals surface area contributed by atoms with Crippen LogP contribution in [0, 0.1) is 0 Å². The Labute approximate surface area is 99.9 Å². The zero-order valence-electron chi connectivity index (χ0n) is 7.67. The molecule has 0 aliphatic carbocycles. The number of rotatable bonds is 3. The fourth-order valence-electron chi connectivity index (χ4n) is 1.04. The molecule has 1 unspecified atom stereocenters. The maximum Gasteiger partial charge on any atom is 0.319 e. The van der Waals surface area contributed by atoms with E-state index in [2.05, 4.69) is 36.6 Å². The molecule has 76 valence electrons. The maximum absolute atomic E-state index is 11.1. The molecule has 0 heterocycles. The molecule has 14 heavy (non-hydrogen) atoms. The van der Waals surface area contributed by atoms with Gasteiger partial charge in [-0.15, -0.1) is 0 Å². The molecule has 0 radical (unpaired) electrons. The number of carbonyl (C=O) groups is 1. The molecule has 1 rings (SSSR count). The number of benzene rings is 1. The number of carbonyl (C=O) groups excluding carboxylic acids is 1. The highest BCUT2D eigenvalue weighted by atomic mass is 79.9. The van der Waals surface area contributed by atoms with Crippen molar-refractivity contribution in [1.82, 2.24) is 0 Å². The number of hydrogen-bond donors (Lipinski definition) is 0. The standard InChI is InChI=1S/C10H10Br2O2/c1-14-10(13)9(12)6-7-2-4-8(11)5-3-7/h2-5,9H,6H2,1H3. The Morgan fingerprint density at radius 2 is 2.00 bits per heavy atom. The van der Waals surface area contributed by atoms with Gasteiger partial charge in [-0.2, -0.15) is 0 Å². The van der Waals surface area contributed by atoms with Gasteiger partial charge in [0.1, 0.15) is 4.83 Å². The van der Waals surface area contributed by atoms with Crippen LogP contribution in [0.3, 0.4) is 0 Å². The SMILES string of the molecule is COC(=O)C(Br)Cc1ccc(Br)cc1. The summed E-state index contributed by atoms with van der Waals surface area (Å²) >= 11 is 6.62. The van der Waals surface area contributed by atoms with Crippen molar-refractivity contribution < 1.29 is 9.53 Å². The minimum absolute atomic E-state index is 0.243. The zero-order chi connectivity index (χ0) is 10.6. The summed E-state index contributed by atoms with van der Waals surface area (Å²) in [5, 5.41) is 0. The summed E-state index contributed by atoms with van der Waals surface area (Å²) < 4.78 is 5.65. The Balaban J connectivity index is 2.60. The number of methoxy groups -OCH3 is 1. The zero-order valence-corrected chi connectivity index (χ0v) is 10.8. The van der Waals surface area contributed by atoms with Gasteiger partial charge in [0, 0.05) is 4.47 Å². The predicted octanol–water partition coefficient (Wildman–Crippen LogP) is 2.93. The van der Waals surface area contributed by atoms with Crippen LogP contribution in [0.4, 0.5) is 0 Å². The summed E-state index contributed by atoms with van der Waals surface area (Å²) in [6, 6.07) is 7.85. The second kappa shape index (κ2) is 5.51. The molecular formula is C10H10Br2O2. The first-order valence-corrected chi connectivity index (χ1v) is 5.80. The average molecular weight is 322 g/mol. The van der Waals surface area contributed by atoms with E-state index in [0.29, 0.717) is 6.42 Å². The molecule has 0 aliphatic rings. The summed E-state index contributed by atoms with van der Waals surface area (Å²) in [4.78, 5) is 10.8. The maximum atomic E-state index is 11.1. The van der Waals surface area contributed by atoms with Crippen molar-refractivity contribution in [2.24, 2.45) is 0 Å². The highest BCUT2D eigenvalue weighted by Gasteiger charge is 2.15. The van der Waals surface area contributed by atoms with Crippen LogP contribution in [0.15, 0.2) is 28.7 Å². The minimum Gasteiger partial charge on any atom is -0.468 e. The van der Waals surface area contributed by atoms with Crippen molar-refractivity contribution in [3.63, 3.8) is 0 Å². The lowest BCUT2D eigenvalue weighted by Crippen LogP contribution is -2.17. The van der Waals surface area contributed by atoms with E-state index in [1.54, 1.807) is 0 Å². The third-order valence-corrected chi connectivity index (χ3v) is 3.01. The van der Waals surface area contributed by atoms with Crippen LogP contribution >= 0.6 is 31.9 Å². The molecule has 1 aromatic rings. The lowest BCUT2D eigenvalue weighted by Gasteiger charge is -2.07. The van der Waals surface area contributed by atoms with Gasteiger partial charge in [0.15, 0.2) is 0 Å². The first kappa shape index (κ1) is 11.7. The Bertz CT molecular complexity index is 308. The van der Waals surface area contributed by atoms with E-state index in [1.165, 1.54) is 7.11 Å². The van der Waals surface area contributed by atoms with Gasteiger partial charge < -0.3 is 4.74 Å². The topological polar surface area (TPSA) is 26.3 Å². The predicted molar refractivity (Wildman–Crippen MR) is 62.6 cm³/mol. The van der Waals surface area contributed by atoms with Crippen LogP contribution in [-0.4, -0.2) is 17.9 Å². The molecule has 0 saturated carbocycles. The molecule has 0 aromatic heterocycles. The Morgan fingerprint density at radius 1 is 1.43 bits per heavy atom. The Kier molecular flexibility index (Phi) is 4.62. The number of ether oxygens (including phenoxy) is 1. The van der Waals surface area contributed by atoms with Gasteiger partial charge in [0.2, 0.25) is 0 Å². The van der Waals surface area contributed by atoms with Crippen molar-refractivity contribution in [1.29, 1.82) is 0 Å². The molecule has 2 nitrogen and oxygen atoms in total. The lowest BCUT2D eigenvalue weighted by atomic mass is 10.1. The third-order valence-electron chi connectivity index (χ3n) is 1.79. The van der Waals surface area contributed by atoms with Crippen LogP contribution in [0.25, 0.3) is 0 Å². The second-order valence-corrected chi connectivity index (χ2v) is 4.84. The number of hydrogen-bond acceptors (Lipinski definition) is 2. The van der Waals surface area contributed by atoms with Gasteiger partial charge in [-0.3, -0.25) is 4.79 Å². The van der Waals surface area contributed by atoms with Crippen molar-refractivity contribution in [2.45, 2.75) is 11.2 Å². The van der Waals surface area contributed by atoms with E-state index in [0.717, 1.165) is 10.0 Å². The van der Waals surface area contributed by atoms with Crippen LogP contribution in [0.5, 0.6) is 0 Å². The molecule has 1 atom stereocenters. The number of halogens is 2. The van der Waals surface area contributed by atoms with E-state index < -0.39 is 0 Å². The van der Waals surface area contributed by atoms with Crippen molar-refractivity contribution >= 4 is 37.8 Å². The number of esters is 1. The molecule has 0 saturated heterocycles. The van der Waals surface area contributed by atoms with E-state index in [4.69, 9.17) is 0 Å². The van der Waals surface area contributed by atoms with Gasteiger partial charge >= 0.3 is 5.97 Å². The molecule has 0 aliphatic heterocycles. The van der Waals surface area contributed by atoms with Gasteiger partial charge in [-0.1, -0.05) is 44.0 Å². The van der Waals surface area contributed by atoms with Gasteiger partial charge in [-0.05, 0) is 24.1 Å². The van der Waals surface area contributed by atoms with E-state index in [9.17, 15) is 4.79 Å². The normalized spacial score (nSPS) is 12.2. The summed E-state index contributed by atoms with van der Waals surface area (Å²) in [6.45, 7) is 0. The van der Waals surface area contributed by atoms with Crippen molar-refractivity contribution in [2.75, 3.05) is 7.11 Å². The van der Waals surface area contributed by atoms with Gasteiger partial charge in [0.25, 0.3) is 0 Å². The van der Waals surface area contributed by atoms with Crippen molar-refractivity contribution in [3.8, 4) is 0 Å². The highest BCUT2D eigenvalue weighted by Crippen LogP contribution is 2.15. The monoisotopic (exact) mass is 320 g/mol. The van der Waals surface area contributed by atoms with E-state index >= 15 is 0 Å². The minimum atomic E-state index is -0.270. The molecule has 0 bridgehead atoms. The first-order chi connectivity index (χ1) is 6.63. The van der Waals surface area contributed by atoms with E-state index in [1.807, 2.05) is 24.3 Å². The molecule has 0 amide bonds. The fraction of sp³-hybridized carbons (Fsp3) is 0.300. The summed E-state index contributed by atoms with van der Waals surface area (Å²) in [5.74, 6) is -0.243. The highest BCUT2D eigenvalue weighted by molar-refractivity contribution is 9.10. The van der Waals surface area contributed by atoms with Crippen LogP contribution in [-0.2, 0) is 16.0 Å².